The number of carbonyl (C=O) groups is 1. The van der Waals surface area contributed by atoms with Gasteiger partial charge in [0.25, 0.3) is 5.56 Å². The van der Waals surface area contributed by atoms with Crippen molar-refractivity contribution in [1.29, 1.82) is 0 Å². The summed E-state index contributed by atoms with van der Waals surface area (Å²) in [5, 5.41) is 0.236. The molecule has 0 N–H and O–H groups in total. The Morgan fingerprint density at radius 3 is 2.80 bits per heavy atom. The molecule has 4 heteroatoms. The van der Waals surface area contributed by atoms with Crippen LogP contribution in [0.2, 0.25) is 5.02 Å². The van der Waals surface area contributed by atoms with Gasteiger partial charge in [-0.05, 0) is 24.8 Å². The minimum Gasteiger partial charge on any atom is -0.315 e. The van der Waals surface area contributed by atoms with Crippen LogP contribution in [0.15, 0.2) is 17.1 Å². The lowest BCUT2D eigenvalue weighted by atomic mass is 9.85. The second kappa shape index (κ2) is 4.19. The molecule has 1 saturated carbocycles. The first-order valence-corrected chi connectivity index (χ1v) is 5.44. The van der Waals surface area contributed by atoms with E-state index in [0.717, 1.165) is 0 Å². The second-order valence-electron chi connectivity index (χ2n) is 3.95. The average molecular weight is 226 g/mol. The molecule has 0 aliphatic heterocycles. The lowest BCUT2D eigenvalue weighted by molar-refractivity contribution is 0.112. The van der Waals surface area contributed by atoms with E-state index in [1.165, 1.54) is 19.3 Å². The summed E-state index contributed by atoms with van der Waals surface area (Å²) in [4.78, 5) is 22.4. The van der Waals surface area contributed by atoms with Crippen molar-refractivity contribution in [3.05, 3.63) is 33.2 Å². The third-order valence-electron chi connectivity index (χ3n) is 2.95. The Balaban J connectivity index is 2.31. The number of hydrogen-bond acceptors (Lipinski definition) is 2. The quantitative estimate of drug-likeness (QED) is 0.740. The maximum atomic E-state index is 11.7. The normalized spacial score (nSPS) is 16.1. The van der Waals surface area contributed by atoms with Gasteiger partial charge in [0.1, 0.15) is 0 Å². The molecule has 15 heavy (non-hydrogen) atoms. The van der Waals surface area contributed by atoms with Crippen LogP contribution < -0.4 is 5.56 Å². The molecule has 0 aromatic carbocycles. The molecule has 0 radical (unpaired) electrons. The van der Waals surface area contributed by atoms with Crippen LogP contribution in [0.4, 0.5) is 0 Å². The van der Waals surface area contributed by atoms with E-state index in [1.54, 1.807) is 16.8 Å². The van der Waals surface area contributed by atoms with E-state index in [4.69, 9.17) is 11.6 Å². The molecule has 0 unspecified atom stereocenters. The van der Waals surface area contributed by atoms with E-state index in [9.17, 15) is 9.59 Å². The number of carbonyl (C=O) groups excluding carboxylic acids is 1. The Kier molecular flexibility index (Phi) is 2.91. The summed E-state index contributed by atoms with van der Waals surface area (Å²) < 4.78 is 1.58. The highest BCUT2D eigenvalue weighted by Gasteiger charge is 2.19. The van der Waals surface area contributed by atoms with Crippen molar-refractivity contribution in [2.24, 2.45) is 5.92 Å². The summed E-state index contributed by atoms with van der Waals surface area (Å²) in [5.41, 5.74) is -0.206. The van der Waals surface area contributed by atoms with Gasteiger partial charge < -0.3 is 4.57 Å². The third kappa shape index (κ3) is 1.97. The third-order valence-corrected chi connectivity index (χ3v) is 3.28. The molecule has 80 valence electrons. The minimum atomic E-state index is -0.274. The van der Waals surface area contributed by atoms with E-state index >= 15 is 0 Å². The molecule has 1 heterocycles. The zero-order valence-corrected chi connectivity index (χ0v) is 9.04. The number of nitrogens with zero attached hydrogens (tertiary/aromatic N) is 1. The first-order valence-electron chi connectivity index (χ1n) is 5.06. The van der Waals surface area contributed by atoms with Gasteiger partial charge in [-0.15, -0.1) is 0 Å². The van der Waals surface area contributed by atoms with Crippen LogP contribution in [0, 0.1) is 5.92 Å². The van der Waals surface area contributed by atoms with Crippen LogP contribution in [0.3, 0.4) is 0 Å². The standard InChI is InChI=1S/C11H12ClNO2/c12-10-4-5-13(6-8-2-1-3-8)11(15)9(10)7-14/h4-5,7-8H,1-3,6H2. The molecule has 2 rings (SSSR count). The number of aldehydes is 1. The summed E-state index contributed by atoms with van der Waals surface area (Å²) in [6, 6.07) is 1.60. The molecule has 0 saturated heterocycles. The molecule has 1 aliphatic rings. The maximum absolute atomic E-state index is 11.7. The summed E-state index contributed by atoms with van der Waals surface area (Å²) in [5.74, 6) is 0.586. The highest BCUT2D eigenvalue weighted by molar-refractivity contribution is 6.32. The van der Waals surface area contributed by atoms with E-state index in [0.29, 0.717) is 18.7 Å². The Morgan fingerprint density at radius 1 is 1.53 bits per heavy atom. The summed E-state index contributed by atoms with van der Waals surface area (Å²) in [6.45, 7) is 0.705. The van der Waals surface area contributed by atoms with Crippen LogP contribution in [0.5, 0.6) is 0 Å². The van der Waals surface area contributed by atoms with Crippen LogP contribution >= 0.6 is 11.6 Å². The van der Waals surface area contributed by atoms with Crippen molar-refractivity contribution in [2.75, 3.05) is 0 Å². The van der Waals surface area contributed by atoms with Crippen molar-refractivity contribution in [3.8, 4) is 0 Å². The predicted octanol–water partition coefficient (Wildman–Crippen LogP) is 2.11. The number of rotatable bonds is 3. The van der Waals surface area contributed by atoms with E-state index < -0.39 is 0 Å². The van der Waals surface area contributed by atoms with Gasteiger partial charge in [-0.2, -0.15) is 0 Å². The molecule has 0 atom stereocenters. The summed E-state index contributed by atoms with van der Waals surface area (Å²) in [7, 11) is 0. The fraction of sp³-hybridized carbons (Fsp3) is 0.455. The first-order chi connectivity index (χ1) is 7.22. The van der Waals surface area contributed by atoms with Crippen LogP contribution in [0.1, 0.15) is 29.6 Å². The van der Waals surface area contributed by atoms with Crippen molar-refractivity contribution < 1.29 is 4.79 Å². The SMILES string of the molecule is O=Cc1c(Cl)ccn(CC2CCC2)c1=O. The van der Waals surface area contributed by atoms with E-state index in [2.05, 4.69) is 0 Å². The van der Waals surface area contributed by atoms with Crippen molar-refractivity contribution in [3.63, 3.8) is 0 Å². The zero-order valence-electron chi connectivity index (χ0n) is 8.28. The summed E-state index contributed by atoms with van der Waals surface area (Å²) in [6.07, 6.45) is 5.78. The molecule has 0 amide bonds. The molecule has 1 fully saturated rings. The topological polar surface area (TPSA) is 39.1 Å². The molecule has 0 bridgehead atoms. The molecule has 1 aliphatic carbocycles. The van der Waals surface area contributed by atoms with Crippen LogP contribution in [0.25, 0.3) is 0 Å². The lowest BCUT2D eigenvalue weighted by Crippen LogP contribution is -2.28. The fourth-order valence-electron chi connectivity index (χ4n) is 1.77. The fourth-order valence-corrected chi connectivity index (χ4v) is 1.96. The Morgan fingerprint density at radius 2 is 2.27 bits per heavy atom. The monoisotopic (exact) mass is 225 g/mol. The Labute approximate surface area is 92.7 Å². The van der Waals surface area contributed by atoms with Crippen molar-refractivity contribution in [2.45, 2.75) is 25.8 Å². The number of halogens is 1. The first kappa shape index (κ1) is 10.4. The van der Waals surface area contributed by atoms with Crippen molar-refractivity contribution >= 4 is 17.9 Å². The van der Waals surface area contributed by atoms with Gasteiger partial charge in [0.15, 0.2) is 6.29 Å². The molecular formula is C11H12ClNO2. The highest BCUT2D eigenvalue weighted by Crippen LogP contribution is 2.27. The van der Waals surface area contributed by atoms with Crippen LogP contribution in [-0.2, 0) is 6.54 Å². The van der Waals surface area contributed by atoms with Gasteiger partial charge in [-0.1, -0.05) is 18.0 Å². The van der Waals surface area contributed by atoms with Gasteiger partial charge in [-0.25, -0.2) is 0 Å². The number of pyridine rings is 1. The zero-order chi connectivity index (χ0) is 10.8. The van der Waals surface area contributed by atoms with E-state index in [-0.39, 0.29) is 16.1 Å². The summed E-state index contributed by atoms with van der Waals surface area (Å²) >= 11 is 5.74. The highest BCUT2D eigenvalue weighted by atomic mass is 35.5. The molecule has 1 aromatic heterocycles. The average Bonchev–Trinajstić information content (AvgIpc) is 2.15. The van der Waals surface area contributed by atoms with Gasteiger partial charge in [-0.3, -0.25) is 9.59 Å². The lowest BCUT2D eigenvalue weighted by Gasteiger charge is -2.25. The van der Waals surface area contributed by atoms with Gasteiger partial charge in [0, 0.05) is 12.7 Å². The molecule has 3 nitrogen and oxygen atoms in total. The van der Waals surface area contributed by atoms with Gasteiger partial charge in [0.05, 0.1) is 10.6 Å². The predicted molar refractivity (Wildman–Crippen MR) is 58.4 cm³/mol. The Bertz CT molecular complexity index is 435. The number of hydrogen-bond donors (Lipinski definition) is 0. The Hall–Kier alpha value is -1.09. The van der Waals surface area contributed by atoms with Crippen LogP contribution in [-0.4, -0.2) is 10.9 Å². The molecule has 0 spiro atoms. The number of aromatic nitrogens is 1. The maximum Gasteiger partial charge on any atom is 0.262 e. The minimum absolute atomic E-state index is 0.0680. The van der Waals surface area contributed by atoms with Crippen molar-refractivity contribution in [1.82, 2.24) is 4.57 Å². The van der Waals surface area contributed by atoms with Gasteiger partial charge >= 0.3 is 0 Å². The van der Waals surface area contributed by atoms with Gasteiger partial charge in [0.2, 0.25) is 0 Å². The smallest absolute Gasteiger partial charge is 0.262 e. The second-order valence-corrected chi connectivity index (χ2v) is 4.36. The largest absolute Gasteiger partial charge is 0.315 e. The molecule has 1 aromatic rings. The molecular weight excluding hydrogens is 214 g/mol. The van der Waals surface area contributed by atoms with E-state index in [1.807, 2.05) is 0 Å².